The van der Waals surface area contributed by atoms with Crippen molar-refractivity contribution in [3.63, 3.8) is 0 Å². The Bertz CT molecular complexity index is 1250. The van der Waals surface area contributed by atoms with Crippen LogP contribution in [-0.2, 0) is 6.54 Å². The maximum absolute atomic E-state index is 13.3. The van der Waals surface area contributed by atoms with Crippen LogP contribution in [0.2, 0.25) is 5.02 Å². The number of carbonyl (C=O) groups excluding carboxylic acids is 1. The summed E-state index contributed by atoms with van der Waals surface area (Å²) in [6.45, 7) is 2.13. The number of anilines is 1. The van der Waals surface area contributed by atoms with Gasteiger partial charge in [0.1, 0.15) is 0 Å². The molecule has 1 N–H and O–H groups in total. The molecular weight excluding hydrogens is 384 g/mol. The molecule has 1 amide bonds. The van der Waals surface area contributed by atoms with Crippen LogP contribution in [0.1, 0.15) is 21.5 Å². The standard InChI is InChI=1S/C24H19ClN2O2/c1-16-10-11-17-13-19(23(28)26-22(17)12-16)15-27(21-8-3-2-4-9-21)24(29)18-6-5-7-20(25)14-18/h2-14H,15H2,1H3,(H,26,28). The van der Waals surface area contributed by atoms with Crippen molar-refractivity contribution in [1.82, 2.24) is 4.98 Å². The van der Waals surface area contributed by atoms with Crippen LogP contribution in [-0.4, -0.2) is 10.9 Å². The van der Waals surface area contributed by atoms with Crippen molar-refractivity contribution in [2.24, 2.45) is 0 Å². The summed E-state index contributed by atoms with van der Waals surface area (Å²) in [6.07, 6.45) is 0. The lowest BCUT2D eigenvalue weighted by molar-refractivity contribution is 0.0985. The van der Waals surface area contributed by atoms with Crippen LogP contribution < -0.4 is 10.5 Å². The second-order valence-corrected chi connectivity index (χ2v) is 7.39. The molecule has 3 aromatic carbocycles. The van der Waals surface area contributed by atoms with Gasteiger partial charge in [0.2, 0.25) is 0 Å². The third-order valence-electron chi connectivity index (χ3n) is 4.79. The first-order valence-corrected chi connectivity index (χ1v) is 9.64. The number of benzene rings is 3. The number of nitrogens with zero attached hydrogens (tertiary/aromatic N) is 1. The summed E-state index contributed by atoms with van der Waals surface area (Å²) < 4.78 is 0. The molecule has 4 nitrogen and oxygen atoms in total. The van der Waals surface area contributed by atoms with Crippen molar-refractivity contribution in [3.05, 3.63) is 111 Å². The Kier molecular flexibility index (Phi) is 5.19. The first kappa shape index (κ1) is 19.0. The molecule has 1 aromatic heterocycles. The Labute approximate surface area is 173 Å². The monoisotopic (exact) mass is 402 g/mol. The van der Waals surface area contributed by atoms with Crippen molar-refractivity contribution in [3.8, 4) is 0 Å². The molecule has 0 aliphatic heterocycles. The highest BCUT2D eigenvalue weighted by Crippen LogP contribution is 2.22. The summed E-state index contributed by atoms with van der Waals surface area (Å²) in [5.74, 6) is -0.220. The summed E-state index contributed by atoms with van der Waals surface area (Å²) >= 11 is 6.08. The summed E-state index contributed by atoms with van der Waals surface area (Å²) in [4.78, 5) is 30.5. The van der Waals surface area contributed by atoms with Gasteiger partial charge in [-0.05, 0) is 60.3 Å². The summed E-state index contributed by atoms with van der Waals surface area (Å²) in [7, 11) is 0. The van der Waals surface area contributed by atoms with Gasteiger partial charge in [-0.3, -0.25) is 9.59 Å². The van der Waals surface area contributed by atoms with Crippen LogP contribution >= 0.6 is 11.6 Å². The van der Waals surface area contributed by atoms with Gasteiger partial charge in [0.15, 0.2) is 0 Å². The molecule has 0 aliphatic carbocycles. The van der Waals surface area contributed by atoms with E-state index in [1.165, 1.54) is 0 Å². The first-order valence-electron chi connectivity index (χ1n) is 9.26. The van der Waals surface area contributed by atoms with E-state index in [0.717, 1.165) is 16.5 Å². The van der Waals surface area contributed by atoms with Crippen LogP contribution in [0.15, 0.2) is 83.7 Å². The van der Waals surface area contributed by atoms with Gasteiger partial charge in [-0.2, -0.15) is 0 Å². The molecule has 0 unspecified atom stereocenters. The van der Waals surface area contributed by atoms with Gasteiger partial charge >= 0.3 is 0 Å². The van der Waals surface area contributed by atoms with E-state index < -0.39 is 0 Å². The molecule has 0 spiro atoms. The SMILES string of the molecule is Cc1ccc2cc(CN(C(=O)c3cccc(Cl)c3)c3ccccc3)c(=O)[nH]c2c1. The minimum Gasteiger partial charge on any atom is -0.322 e. The molecule has 1 heterocycles. The van der Waals surface area contributed by atoms with Gasteiger partial charge < -0.3 is 9.88 Å². The van der Waals surface area contributed by atoms with E-state index in [0.29, 0.717) is 21.8 Å². The Hall–Kier alpha value is -3.37. The number of halogens is 1. The Morgan fingerprint density at radius 1 is 0.966 bits per heavy atom. The smallest absolute Gasteiger partial charge is 0.258 e. The number of H-pyrrole nitrogens is 1. The van der Waals surface area contributed by atoms with E-state index in [1.54, 1.807) is 29.2 Å². The van der Waals surface area contributed by atoms with Crippen molar-refractivity contribution >= 4 is 34.1 Å². The first-order chi connectivity index (χ1) is 14.0. The van der Waals surface area contributed by atoms with E-state index in [4.69, 9.17) is 11.6 Å². The number of hydrogen-bond donors (Lipinski definition) is 1. The van der Waals surface area contributed by atoms with Gasteiger partial charge in [-0.15, -0.1) is 0 Å². The molecule has 0 atom stereocenters. The normalized spacial score (nSPS) is 10.8. The molecule has 4 rings (SSSR count). The lowest BCUT2D eigenvalue weighted by Gasteiger charge is -2.23. The van der Waals surface area contributed by atoms with Crippen molar-refractivity contribution in [2.75, 3.05) is 4.90 Å². The minimum absolute atomic E-state index is 0.147. The zero-order chi connectivity index (χ0) is 20.4. The second kappa shape index (κ2) is 7.94. The number of rotatable bonds is 4. The fourth-order valence-electron chi connectivity index (χ4n) is 3.31. The number of nitrogens with one attached hydrogen (secondary N) is 1. The molecule has 0 fully saturated rings. The van der Waals surface area contributed by atoms with Crippen LogP contribution in [0.3, 0.4) is 0 Å². The van der Waals surface area contributed by atoms with Crippen molar-refractivity contribution < 1.29 is 4.79 Å². The number of pyridine rings is 1. The third kappa shape index (κ3) is 4.08. The fourth-order valence-corrected chi connectivity index (χ4v) is 3.50. The fraction of sp³-hybridized carbons (Fsp3) is 0.0833. The van der Waals surface area contributed by atoms with E-state index >= 15 is 0 Å². The van der Waals surface area contributed by atoms with Gasteiger partial charge in [0, 0.05) is 27.4 Å². The number of aromatic amines is 1. The van der Waals surface area contributed by atoms with E-state index in [9.17, 15) is 9.59 Å². The number of aromatic nitrogens is 1. The van der Waals surface area contributed by atoms with Gasteiger partial charge in [0.05, 0.1) is 6.54 Å². The van der Waals surface area contributed by atoms with Crippen LogP contribution in [0.4, 0.5) is 5.69 Å². The van der Waals surface area contributed by atoms with Gasteiger partial charge in [-0.25, -0.2) is 0 Å². The van der Waals surface area contributed by atoms with E-state index in [1.807, 2.05) is 61.5 Å². The Morgan fingerprint density at radius 3 is 2.52 bits per heavy atom. The molecule has 0 radical (unpaired) electrons. The largest absolute Gasteiger partial charge is 0.322 e. The topological polar surface area (TPSA) is 53.2 Å². The van der Waals surface area contributed by atoms with Crippen LogP contribution in [0, 0.1) is 6.92 Å². The maximum Gasteiger partial charge on any atom is 0.258 e. The number of fused-ring (bicyclic) bond motifs is 1. The van der Waals surface area contributed by atoms with E-state index in [-0.39, 0.29) is 18.0 Å². The maximum atomic E-state index is 13.3. The minimum atomic E-state index is -0.220. The number of aryl methyl sites for hydroxylation is 1. The van der Waals surface area contributed by atoms with E-state index in [2.05, 4.69) is 4.98 Å². The highest BCUT2D eigenvalue weighted by molar-refractivity contribution is 6.31. The van der Waals surface area contributed by atoms with Crippen LogP contribution in [0.25, 0.3) is 10.9 Å². The van der Waals surface area contributed by atoms with Gasteiger partial charge in [0.25, 0.3) is 11.5 Å². The Morgan fingerprint density at radius 2 is 1.76 bits per heavy atom. The van der Waals surface area contributed by atoms with Gasteiger partial charge in [-0.1, -0.05) is 48.0 Å². The molecule has 5 heteroatoms. The number of amides is 1. The lowest BCUT2D eigenvalue weighted by atomic mass is 10.1. The highest BCUT2D eigenvalue weighted by atomic mass is 35.5. The zero-order valence-corrected chi connectivity index (χ0v) is 16.6. The van der Waals surface area contributed by atoms with Crippen LogP contribution in [0.5, 0.6) is 0 Å². The number of carbonyl (C=O) groups is 1. The molecule has 0 bridgehead atoms. The summed E-state index contributed by atoms with van der Waals surface area (Å²) in [5, 5.41) is 1.41. The molecule has 29 heavy (non-hydrogen) atoms. The predicted octanol–water partition coefficient (Wildman–Crippen LogP) is 5.34. The number of para-hydroxylation sites is 1. The number of hydrogen-bond acceptors (Lipinski definition) is 2. The molecular formula is C24H19ClN2O2. The summed E-state index contributed by atoms with van der Waals surface area (Å²) in [5.41, 5.74) is 3.34. The Balaban J connectivity index is 1.77. The summed E-state index contributed by atoms with van der Waals surface area (Å²) in [6, 6.07) is 23.9. The molecule has 0 saturated carbocycles. The highest BCUT2D eigenvalue weighted by Gasteiger charge is 2.20. The molecule has 0 aliphatic rings. The molecule has 0 saturated heterocycles. The zero-order valence-electron chi connectivity index (χ0n) is 15.9. The third-order valence-corrected chi connectivity index (χ3v) is 5.03. The van der Waals surface area contributed by atoms with Crippen molar-refractivity contribution in [2.45, 2.75) is 13.5 Å². The predicted molar refractivity (Wildman–Crippen MR) is 118 cm³/mol. The molecule has 144 valence electrons. The molecule has 4 aromatic rings. The lowest BCUT2D eigenvalue weighted by Crippen LogP contribution is -2.32. The average Bonchev–Trinajstić information content (AvgIpc) is 2.72. The average molecular weight is 403 g/mol. The quantitative estimate of drug-likeness (QED) is 0.501. The second-order valence-electron chi connectivity index (χ2n) is 6.95. The van der Waals surface area contributed by atoms with Crippen molar-refractivity contribution in [1.29, 1.82) is 0 Å².